The van der Waals surface area contributed by atoms with Gasteiger partial charge < -0.3 is 5.32 Å². The van der Waals surface area contributed by atoms with Crippen LogP contribution in [0.15, 0.2) is 83.9 Å². The maximum atomic E-state index is 12.9. The third-order valence-corrected chi connectivity index (χ3v) is 3.92. The van der Waals surface area contributed by atoms with Gasteiger partial charge in [0.25, 0.3) is 5.91 Å². The average Bonchev–Trinajstić information content (AvgIpc) is 2.62. The number of rotatable bonds is 9. The Kier molecular flexibility index (Phi) is 9.94. The van der Waals surface area contributed by atoms with E-state index in [2.05, 4.69) is 23.0 Å². The van der Waals surface area contributed by atoms with Gasteiger partial charge in [0, 0.05) is 18.5 Å². The highest BCUT2D eigenvalue weighted by molar-refractivity contribution is 7.99. The molecule has 1 rings (SSSR count). The van der Waals surface area contributed by atoms with Gasteiger partial charge in [-0.15, -0.1) is 11.8 Å². The lowest BCUT2D eigenvalue weighted by molar-refractivity contribution is 0.0957. The molecule has 0 aliphatic carbocycles. The summed E-state index contributed by atoms with van der Waals surface area (Å²) < 4.78 is 12.9. The standard InChI is InChI=1S/C20H23FN2OS/c1-4-8-16(3)9-7-14-25-19-12-11-17(15-23-19)20(24)22-13-6-10-18(21)5-2/h4-12,15H,1,13-14H2,2-3H3,(H,22,24)/b9-7+,10-6-,16-8-,18-5+. The van der Waals surface area contributed by atoms with E-state index < -0.39 is 0 Å². The van der Waals surface area contributed by atoms with Gasteiger partial charge in [-0.25, -0.2) is 9.37 Å². The number of amides is 1. The fraction of sp³-hybridized carbons (Fsp3) is 0.200. The summed E-state index contributed by atoms with van der Waals surface area (Å²) in [6.45, 7) is 7.54. The third kappa shape index (κ3) is 8.86. The number of allylic oxidation sites excluding steroid dienone is 7. The van der Waals surface area contributed by atoms with Gasteiger partial charge in [-0.05, 0) is 32.1 Å². The van der Waals surface area contributed by atoms with E-state index in [1.54, 1.807) is 43.1 Å². The quantitative estimate of drug-likeness (QED) is 0.498. The van der Waals surface area contributed by atoms with Crippen molar-refractivity contribution in [2.75, 3.05) is 12.3 Å². The average molecular weight is 358 g/mol. The molecule has 0 fully saturated rings. The van der Waals surface area contributed by atoms with Crippen molar-refractivity contribution in [3.05, 3.63) is 84.4 Å². The van der Waals surface area contributed by atoms with E-state index in [-0.39, 0.29) is 18.3 Å². The summed E-state index contributed by atoms with van der Waals surface area (Å²) in [5.41, 5.74) is 1.61. The van der Waals surface area contributed by atoms with E-state index in [4.69, 9.17) is 0 Å². The van der Waals surface area contributed by atoms with Crippen molar-refractivity contribution in [1.82, 2.24) is 10.3 Å². The lowest BCUT2D eigenvalue weighted by Crippen LogP contribution is -2.23. The van der Waals surface area contributed by atoms with E-state index in [1.807, 2.05) is 25.1 Å². The summed E-state index contributed by atoms with van der Waals surface area (Å²) in [6, 6.07) is 3.54. The van der Waals surface area contributed by atoms with Crippen LogP contribution in [0.4, 0.5) is 4.39 Å². The first-order valence-electron chi connectivity index (χ1n) is 7.88. The van der Waals surface area contributed by atoms with Gasteiger partial charge >= 0.3 is 0 Å². The number of aromatic nitrogens is 1. The summed E-state index contributed by atoms with van der Waals surface area (Å²) in [4.78, 5) is 16.2. The Morgan fingerprint density at radius 2 is 2.16 bits per heavy atom. The molecule has 0 radical (unpaired) electrons. The monoisotopic (exact) mass is 358 g/mol. The minimum Gasteiger partial charge on any atom is -0.349 e. The van der Waals surface area contributed by atoms with Gasteiger partial charge in [0.15, 0.2) is 0 Å². The van der Waals surface area contributed by atoms with Crippen LogP contribution in [0.5, 0.6) is 0 Å². The van der Waals surface area contributed by atoms with Crippen LogP contribution in [0.25, 0.3) is 0 Å². The molecule has 0 saturated carbocycles. The first-order chi connectivity index (χ1) is 12.1. The highest BCUT2D eigenvalue weighted by atomic mass is 32.2. The topological polar surface area (TPSA) is 42.0 Å². The normalized spacial score (nSPS) is 12.8. The molecule has 0 aliphatic rings. The molecule has 1 aromatic heterocycles. The SMILES string of the molecule is C=C/C=C(C)\C=C\CSc1ccc(C(=O)NC/C=C\C(F)=C/C)cn1. The lowest BCUT2D eigenvalue weighted by atomic mass is 10.2. The summed E-state index contributed by atoms with van der Waals surface area (Å²) in [7, 11) is 0. The first kappa shape index (κ1) is 20.6. The molecule has 0 aromatic carbocycles. The van der Waals surface area contributed by atoms with E-state index >= 15 is 0 Å². The van der Waals surface area contributed by atoms with E-state index in [9.17, 15) is 9.18 Å². The molecule has 25 heavy (non-hydrogen) atoms. The van der Waals surface area contributed by atoms with Crippen LogP contribution in [0.1, 0.15) is 24.2 Å². The second-order valence-corrected chi connectivity index (χ2v) is 6.07. The number of hydrogen-bond acceptors (Lipinski definition) is 3. The van der Waals surface area contributed by atoms with Crippen LogP contribution in [0, 0.1) is 0 Å². The number of nitrogens with one attached hydrogen (secondary N) is 1. The second kappa shape index (κ2) is 12.0. The molecule has 0 unspecified atom stereocenters. The van der Waals surface area contributed by atoms with E-state index in [0.717, 1.165) is 16.4 Å². The molecule has 0 atom stereocenters. The van der Waals surface area contributed by atoms with Gasteiger partial charge in [-0.1, -0.05) is 48.6 Å². The second-order valence-electron chi connectivity index (χ2n) is 5.03. The van der Waals surface area contributed by atoms with Gasteiger partial charge in [0.05, 0.1) is 10.6 Å². The number of nitrogens with zero attached hydrogens (tertiary/aromatic N) is 1. The van der Waals surface area contributed by atoms with Crippen LogP contribution in [-0.2, 0) is 0 Å². The van der Waals surface area contributed by atoms with Crippen molar-refractivity contribution in [2.24, 2.45) is 0 Å². The zero-order valence-electron chi connectivity index (χ0n) is 14.5. The molecule has 1 N–H and O–H groups in total. The van der Waals surface area contributed by atoms with Crippen molar-refractivity contribution in [3.8, 4) is 0 Å². The Bertz CT molecular complexity index is 688. The molecule has 0 saturated heterocycles. The lowest BCUT2D eigenvalue weighted by Gasteiger charge is -2.03. The molecule has 0 aliphatic heterocycles. The Morgan fingerprint density at radius 3 is 2.80 bits per heavy atom. The molecule has 5 heteroatoms. The summed E-state index contributed by atoms with van der Waals surface area (Å²) in [5.74, 6) is 0.225. The number of pyridine rings is 1. The van der Waals surface area contributed by atoms with Gasteiger partial charge in [0.1, 0.15) is 5.83 Å². The van der Waals surface area contributed by atoms with Crippen molar-refractivity contribution in [1.29, 1.82) is 0 Å². The van der Waals surface area contributed by atoms with Crippen LogP contribution < -0.4 is 5.32 Å². The molecule has 1 aromatic rings. The highest BCUT2D eigenvalue weighted by Gasteiger charge is 2.04. The summed E-state index contributed by atoms with van der Waals surface area (Å²) >= 11 is 1.59. The fourth-order valence-electron chi connectivity index (χ4n) is 1.73. The van der Waals surface area contributed by atoms with Crippen molar-refractivity contribution in [3.63, 3.8) is 0 Å². The molecular weight excluding hydrogens is 335 g/mol. The zero-order chi connectivity index (χ0) is 18.5. The molecule has 132 valence electrons. The molecule has 3 nitrogen and oxygen atoms in total. The van der Waals surface area contributed by atoms with Crippen LogP contribution in [0.2, 0.25) is 0 Å². The maximum absolute atomic E-state index is 12.9. The van der Waals surface area contributed by atoms with Crippen molar-refractivity contribution in [2.45, 2.75) is 18.9 Å². The maximum Gasteiger partial charge on any atom is 0.253 e. The van der Waals surface area contributed by atoms with E-state index in [1.165, 1.54) is 12.2 Å². The number of thioether (sulfide) groups is 1. The van der Waals surface area contributed by atoms with Crippen molar-refractivity contribution < 1.29 is 9.18 Å². The van der Waals surface area contributed by atoms with Crippen molar-refractivity contribution >= 4 is 17.7 Å². The minimum atomic E-state index is -0.332. The number of carbonyl (C=O) groups is 1. The largest absolute Gasteiger partial charge is 0.349 e. The molecule has 0 spiro atoms. The summed E-state index contributed by atoms with van der Waals surface area (Å²) in [5, 5.41) is 3.53. The van der Waals surface area contributed by atoms with Crippen LogP contribution in [0.3, 0.4) is 0 Å². The smallest absolute Gasteiger partial charge is 0.253 e. The molecule has 1 amide bonds. The molecule has 0 bridgehead atoms. The Balaban J connectivity index is 2.45. The van der Waals surface area contributed by atoms with Crippen LogP contribution >= 0.6 is 11.8 Å². The third-order valence-electron chi connectivity index (χ3n) is 3.02. The zero-order valence-corrected chi connectivity index (χ0v) is 15.4. The number of halogens is 1. The molecule has 1 heterocycles. The number of hydrogen-bond donors (Lipinski definition) is 1. The predicted octanol–water partition coefficient (Wildman–Crippen LogP) is 5.02. The minimum absolute atomic E-state index is 0.236. The Morgan fingerprint density at radius 1 is 1.36 bits per heavy atom. The first-order valence-corrected chi connectivity index (χ1v) is 8.86. The van der Waals surface area contributed by atoms with Gasteiger partial charge in [-0.3, -0.25) is 4.79 Å². The number of carbonyl (C=O) groups excluding carboxylic acids is 1. The van der Waals surface area contributed by atoms with E-state index in [0.29, 0.717) is 5.56 Å². The Labute approximate surface area is 153 Å². The van der Waals surface area contributed by atoms with Gasteiger partial charge in [0.2, 0.25) is 0 Å². The summed E-state index contributed by atoms with van der Waals surface area (Å²) in [6.07, 6.45) is 13.5. The highest BCUT2D eigenvalue weighted by Crippen LogP contribution is 2.15. The molecular formula is C20H23FN2OS. The predicted molar refractivity (Wildman–Crippen MR) is 104 cm³/mol. The Hall–Kier alpha value is -2.40. The van der Waals surface area contributed by atoms with Gasteiger partial charge in [-0.2, -0.15) is 0 Å². The van der Waals surface area contributed by atoms with Crippen LogP contribution in [-0.4, -0.2) is 23.2 Å². The fourth-order valence-corrected chi connectivity index (χ4v) is 2.39.